The van der Waals surface area contributed by atoms with Gasteiger partial charge >= 0.3 is 23.3 Å². The molecule has 0 saturated carbocycles. The van der Waals surface area contributed by atoms with E-state index >= 15 is 0 Å². The number of allylic oxidation sites excluding steroid dienone is 2. The van der Waals surface area contributed by atoms with E-state index in [1.807, 2.05) is 4.98 Å². The number of hydroxylamine groups is 4. The number of nitrogens with one attached hydrogen (secondary N) is 4. The van der Waals surface area contributed by atoms with Crippen LogP contribution in [0.2, 0.25) is 0 Å². The highest BCUT2D eigenvalue weighted by Gasteiger charge is 2.29. The van der Waals surface area contributed by atoms with Crippen molar-refractivity contribution >= 4 is 57.2 Å². The van der Waals surface area contributed by atoms with Crippen molar-refractivity contribution in [2.24, 2.45) is 0 Å². The van der Waals surface area contributed by atoms with Crippen LogP contribution in [0.5, 0.6) is 0 Å². The number of rotatable bonds is 17. The second kappa shape index (κ2) is 21.2. The Bertz CT molecular complexity index is 2030. The van der Waals surface area contributed by atoms with E-state index < -0.39 is 58.5 Å². The molecule has 24 heteroatoms. The summed E-state index contributed by atoms with van der Waals surface area (Å²) in [7, 11) is 2.98. The van der Waals surface area contributed by atoms with E-state index in [0.717, 1.165) is 20.9 Å². The number of hydrogen-bond acceptors (Lipinski definition) is 14. The fourth-order valence-corrected chi connectivity index (χ4v) is 6.17. The van der Waals surface area contributed by atoms with Gasteiger partial charge in [-0.25, -0.2) is 19.2 Å². The molecule has 0 spiro atoms. The zero-order valence-electron chi connectivity index (χ0n) is 29.0. The number of hydrogen-bond donors (Lipinski definition) is 4. The first kappa shape index (κ1) is 43.6. The molecular weight excluding hydrogens is 779 g/mol. The lowest BCUT2D eigenvalue weighted by atomic mass is 10.3. The third kappa shape index (κ3) is 14.2. The molecule has 2 saturated heterocycles. The third-order valence-electron chi connectivity index (χ3n) is 7.14. The summed E-state index contributed by atoms with van der Waals surface area (Å²) in [6, 6.07) is 0. The Kier molecular flexibility index (Phi) is 16.8. The van der Waals surface area contributed by atoms with Crippen LogP contribution in [-0.4, -0.2) is 89.4 Å². The molecule has 2 aromatic heterocycles. The van der Waals surface area contributed by atoms with Crippen LogP contribution < -0.4 is 33.1 Å². The van der Waals surface area contributed by atoms with Crippen LogP contribution in [0.15, 0.2) is 56.1 Å². The van der Waals surface area contributed by atoms with Crippen LogP contribution in [-0.2, 0) is 51.5 Å². The van der Waals surface area contributed by atoms with Crippen molar-refractivity contribution in [3.63, 3.8) is 0 Å². The normalized spacial score (nSPS) is 13.7. The van der Waals surface area contributed by atoms with Crippen molar-refractivity contribution in [1.82, 2.24) is 39.9 Å². The number of aryl methyl sites for hydroxylation is 1. The van der Waals surface area contributed by atoms with E-state index in [2.05, 4.69) is 23.8 Å². The first-order valence-electron chi connectivity index (χ1n) is 16.2. The van der Waals surface area contributed by atoms with Crippen molar-refractivity contribution < 1.29 is 47.2 Å². The van der Waals surface area contributed by atoms with Gasteiger partial charge in [0.15, 0.2) is 0 Å². The maximum Gasteiger partial charge on any atom is 0.352 e. The Morgan fingerprint density at radius 1 is 0.673 bits per heavy atom. The largest absolute Gasteiger partial charge is 0.355 e. The quantitative estimate of drug-likeness (QED) is 0.114. The molecule has 20 nitrogen and oxygen atoms in total. The molecule has 4 N–H and O–H groups in total. The van der Waals surface area contributed by atoms with Gasteiger partial charge in [-0.15, -0.1) is 10.1 Å². The van der Waals surface area contributed by atoms with Gasteiger partial charge in [-0.2, -0.15) is 8.78 Å². The lowest BCUT2D eigenvalue weighted by Gasteiger charge is -2.15. The SMILES string of the molecule is C=C1CCC(=O)N1OC(=O)CCC(=O)NCCSSCCNC(=O)CCn1cc(F)c(=O)[nH]c1=O.C=C1CCC(=O)N1OC(=O)Cn1cc(F)c(=O)[nH]c1=O. The van der Waals surface area contributed by atoms with E-state index in [0.29, 0.717) is 59.6 Å². The fraction of sp³-hybridized carbons (Fsp3) is 0.419. The molecule has 0 bridgehead atoms. The van der Waals surface area contributed by atoms with Crippen LogP contribution >= 0.6 is 21.6 Å². The molecule has 4 rings (SSSR count). The minimum atomic E-state index is -1.21. The molecule has 0 unspecified atom stereocenters. The number of carbonyl (C=O) groups is 6. The van der Waals surface area contributed by atoms with Crippen molar-refractivity contribution in [3.8, 4) is 0 Å². The van der Waals surface area contributed by atoms with Crippen LogP contribution in [0.4, 0.5) is 8.78 Å². The minimum absolute atomic E-state index is 0.0497. The predicted molar refractivity (Wildman–Crippen MR) is 190 cm³/mol. The number of aromatic amines is 2. The average Bonchev–Trinajstić information content (AvgIpc) is 3.62. The number of H-pyrrole nitrogens is 2. The molecule has 55 heavy (non-hydrogen) atoms. The summed E-state index contributed by atoms with van der Waals surface area (Å²) in [5.74, 6) is -4.13. The summed E-state index contributed by atoms with van der Waals surface area (Å²) in [6.07, 6.45) is 2.33. The molecule has 298 valence electrons. The van der Waals surface area contributed by atoms with Crippen molar-refractivity contribution in [2.75, 3.05) is 24.6 Å². The maximum atomic E-state index is 13.2. The standard InChI is InChI=1S/C20H26FN5O7S2.C11H10FN3O5/c1-13-2-4-17(29)26(13)33-18(30)5-3-15(27)22-7-10-34-35-11-8-23-16(28)6-9-25-12-14(21)19(31)24-20(25)32;1-6-2-3-8(16)15(6)20-9(17)5-14-4-7(12)10(18)13-11(14)19/h12H,1-11H2,(H,22,27)(H,23,28)(H,24,31,32);4H,1-3,5H2,(H,13,18,19). The Morgan fingerprint density at radius 2 is 1.13 bits per heavy atom. The first-order valence-corrected chi connectivity index (χ1v) is 18.7. The monoisotopic (exact) mass is 814 g/mol. The maximum absolute atomic E-state index is 13.2. The molecule has 2 fully saturated rings. The van der Waals surface area contributed by atoms with E-state index in [9.17, 15) is 56.7 Å². The van der Waals surface area contributed by atoms with Crippen molar-refractivity contribution in [3.05, 3.63) is 90.3 Å². The minimum Gasteiger partial charge on any atom is -0.355 e. The molecule has 0 atom stereocenters. The summed E-state index contributed by atoms with van der Waals surface area (Å²) in [4.78, 5) is 128. The fourth-order valence-electron chi connectivity index (χ4n) is 4.35. The van der Waals surface area contributed by atoms with Gasteiger partial charge < -0.3 is 20.3 Å². The Hall–Kier alpha value is -5.78. The van der Waals surface area contributed by atoms with Crippen LogP contribution in [0.25, 0.3) is 0 Å². The molecule has 2 aliphatic heterocycles. The van der Waals surface area contributed by atoms with Gasteiger partial charge in [-0.05, 0) is 12.8 Å². The summed E-state index contributed by atoms with van der Waals surface area (Å²) in [6.45, 7) is 7.24. The lowest BCUT2D eigenvalue weighted by molar-refractivity contribution is -0.187. The highest BCUT2D eigenvalue weighted by molar-refractivity contribution is 8.76. The van der Waals surface area contributed by atoms with Gasteiger partial charge in [-0.3, -0.25) is 47.9 Å². The van der Waals surface area contributed by atoms with Gasteiger partial charge in [0.05, 0.1) is 30.2 Å². The highest BCUT2D eigenvalue weighted by atomic mass is 33.1. The number of amides is 4. The molecular formula is C31H36F2N8O12S2. The predicted octanol–water partition coefficient (Wildman–Crippen LogP) is -0.676. The number of halogens is 2. The second-order valence-corrected chi connectivity index (χ2v) is 14.0. The summed E-state index contributed by atoms with van der Waals surface area (Å²) < 4.78 is 27.8. The third-order valence-corrected chi connectivity index (χ3v) is 9.55. The second-order valence-electron chi connectivity index (χ2n) is 11.3. The van der Waals surface area contributed by atoms with Gasteiger partial charge in [0.25, 0.3) is 22.9 Å². The van der Waals surface area contributed by atoms with Gasteiger partial charge in [0.1, 0.15) is 6.54 Å². The summed E-state index contributed by atoms with van der Waals surface area (Å²) in [5.41, 5.74) is -3.28. The summed E-state index contributed by atoms with van der Waals surface area (Å²) >= 11 is 0. The Morgan fingerprint density at radius 3 is 1.62 bits per heavy atom. The number of aromatic nitrogens is 4. The molecule has 4 amide bonds. The van der Waals surface area contributed by atoms with Crippen molar-refractivity contribution in [2.45, 2.75) is 58.0 Å². The van der Waals surface area contributed by atoms with E-state index in [4.69, 9.17) is 9.68 Å². The van der Waals surface area contributed by atoms with E-state index in [-0.39, 0.29) is 56.4 Å². The Labute approximate surface area is 316 Å². The van der Waals surface area contributed by atoms with E-state index in [1.54, 1.807) is 4.98 Å². The zero-order valence-corrected chi connectivity index (χ0v) is 30.7. The van der Waals surface area contributed by atoms with Gasteiger partial charge in [0.2, 0.25) is 23.4 Å². The summed E-state index contributed by atoms with van der Waals surface area (Å²) in [5, 5.41) is 6.97. The molecule has 4 heterocycles. The van der Waals surface area contributed by atoms with Crippen LogP contribution in [0, 0.1) is 11.6 Å². The number of nitrogens with zero attached hydrogens (tertiary/aromatic N) is 4. The molecule has 0 aliphatic carbocycles. The molecule has 0 aromatic carbocycles. The lowest BCUT2D eigenvalue weighted by Crippen LogP contribution is -2.35. The molecule has 2 aromatic rings. The van der Waals surface area contributed by atoms with Gasteiger partial charge in [-0.1, -0.05) is 34.7 Å². The van der Waals surface area contributed by atoms with Gasteiger partial charge in [0, 0.05) is 56.8 Å². The zero-order chi connectivity index (χ0) is 40.7. The topological polar surface area (TPSA) is 261 Å². The average molecular weight is 815 g/mol. The van der Waals surface area contributed by atoms with Crippen LogP contribution in [0.3, 0.4) is 0 Å². The molecule has 0 radical (unpaired) electrons. The van der Waals surface area contributed by atoms with Crippen LogP contribution in [0.1, 0.15) is 44.9 Å². The van der Waals surface area contributed by atoms with E-state index in [1.165, 1.54) is 21.6 Å². The molecule has 2 aliphatic rings. The number of carbonyl (C=O) groups excluding carboxylic acids is 6. The first-order chi connectivity index (χ1) is 26.0. The smallest absolute Gasteiger partial charge is 0.352 e. The highest BCUT2D eigenvalue weighted by Crippen LogP contribution is 2.22. The van der Waals surface area contributed by atoms with Crippen molar-refractivity contribution in [1.29, 1.82) is 0 Å². The Balaban J connectivity index is 0.000000342.